The highest BCUT2D eigenvalue weighted by molar-refractivity contribution is 5.79. The second-order valence-electron chi connectivity index (χ2n) is 6.40. The van der Waals surface area contributed by atoms with Crippen LogP contribution in [0.4, 0.5) is 0 Å². The highest BCUT2D eigenvalue weighted by Gasteiger charge is 2.08. The summed E-state index contributed by atoms with van der Waals surface area (Å²) >= 11 is 0. The molecule has 140 valence electrons. The first-order valence-corrected chi connectivity index (χ1v) is 9.56. The minimum Gasteiger partial charge on any atom is -0.478 e. The number of ether oxygens (including phenoxy) is 1. The standard InChI is InChI=1S/C19H33N5O/c1-3-25-18-15-17(9-11-21-18)16-23-19(20-2)22-10-8-14-24-12-6-4-5-7-13-24/h9,11,15H,3-8,10,12-14,16H2,1-2H3,(H2,20,22,23). The van der Waals surface area contributed by atoms with Crippen LogP contribution in [-0.2, 0) is 6.54 Å². The molecule has 0 amide bonds. The molecule has 6 heteroatoms. The van der Waals surface area contributed by atoms with Crippen molar-refractivity contribution in [1.82, 2.24) is 20.5 Å². The quantitative estimate of drug-likeness (QED) is 0.430. The van der Waals surface area contributed by atoms with Crippen molar-refractivity contribution < 1.29 is 4.74 Å². The van der Waals surface area contributed by atoms with Gasteiger partial charge in [0, 0.05) is 32.4 Å². The van der Waals surface area contributed by atoms with Gasteiger partial charge in [-0.25, -0.2) is 4.98 Å². The molecular weight excluding hydrogens is 314 g/mol. The molecule has 0 radical (unpaired) electrons. The lowest BCUT2D eigenvalue weighted by molar-refractivity contribution is 0.282. The molecule has 0 spiro atoms. The van der Waals surface area contributed by atoms with E-state index in [9.17, 15) is 0 Å². The van der Waals surface area contributed by atoms with Gasteiger partial charge in [0.15, 0.2) is 5.96 Å². The molecule has 0 saturated carbocycles. The Balaban J connectivity index is 1.65. The van der Waals surface area contributed by atoms with Crippen LogP contribution in [0.25, 0.3) is 0 Å². The lowest BCUT2D eigenvalue weighted by Crippen LogP contribution is -2.38. The van der Waals surface area contributed by atoms with E-state index < -0.39 is 0 Å². The molecule has 6 nitrogen and oxygen atoms in total. The van der Waals surface area contributed by atoms with E-state index in [1.165, 1.54) is 45.3 Å². The summed E-state index contributed by atoms with van der Waals surface area (Å²) < 4.78 is 5.44. The Morgan fingerprint density at radius 2 is 2.04 bits per heavy atom. The zero-order valence-electron chi connectivity index (χ0n) is 15.8. The Morgan fingerprint density at radius 1 is 1.24 bits per heavy atom. The highest BCUT2D eigenvalue weighted by atomic mass is 16.5. The van der Waals surface area contributed by atoms with Gasteiger partial charge in [-0.15, -0.1) is 0 Å². The van der Waals surface area contributed by atoms with Crippen molar-refractivity contribution in [3.63, 3.8) is 0 Å². The molecular formula is C19H33N5O. The van der Waals surface area contributed by atoms with Crippen LogP contribution in [-0.4, -0.2) is 55.7 Å². The molecule has 1 aromatic rings. The number of pyridine rings is 1. The monoisotopic (exact) mass is 347 g/mol. The van der Waals surface area contributed by atoms with Crippen LogP contribution in [0.5, 0.6) is 5.88 Å². The first-order chi connectivity index (χ1) is 12.3. The minimum absolute atomic E-state index is 0.629. The summed E-state index contributed by atoms with van der Waals surface area (Å²) in [5.41, 5.74) is 1.13. The van der Waals surface area contributed by atoms with Crippen molar-refractivity contribution in [3.05, 3.63) is 23.9 Å². The van der Waals surface area contributed by atoms with Crippen LogP contribution < -0.4 is 15.4 Å². The minimum atomic E-state index is 0.629. The zero-order valence-corrected chi connectivity index (χ0v) is 15.8. The molecule has 2 rings (SSSR count). The Hall–Kier alpha value is -1.82. The molecule has 25 heavy (non-hydrogen) atoms. The fourth-order valence-electron chi connectivity index (χ4n) is 3.06. The highest BCUT2D eigenvalue weighted by Crippen LogP contribution is 2.10. The van der Waals surface area contributed by atoms with E-state index in [1.807, 2.05) is 26.1 Å². The van der Waals surface area contributed by atoms with E-state index in [0.717, 1.165) is 24.5 Å². The van der Waals surface area contributed by atoms with Crippen LogP contribution in [0, 0.1) is 0 Å². The van der Waals surface area contributed by atoms with Crippen LogP contribution in [0.3, 0.4) is 0 Å². The second kappa shape index (κ2) is 11.7. The van der Waals surface area contributed by atoms with Crippen molar-refractivity contribution in [2.45, 2.75) is 45.6 Å². The molecule has 1 fully saturated rings. The first kappa shape index (κ1) is 19.5. The number of aromatic nitrogens is 1. The lowest BCUT2D eigenvalue weighted by Gasteiger charge is -2.20. The molecule has 1 aliphatic heterocycles. The number of nitrogens with zero attached hydrogens (tertiary/aromatic N) is 3. The largest absolute Gasteiger partial charge is 0.478 e. The fraction of sp³-hybridized carbons (Fsp3) is 0.684. The van der Waals surface area contributed by atoms with Crippen molar-refractivity contribution in [2.24, 2.45) is 4.99 Å². The molecule has 0 bridgehead atoms. The molecule has 2 N–H and O–H groups in total. The fourth-order valence-corrected chi connectivity index (χ4v) is 3.06. The summed E-state index contributed by atoms with van der Waals surface area (Å²) in [5, 5.41) is 6.75. The number of hydrogen-bond donors (Lipinski definition) is 2. The molecule has 1 saturated heterocycles. The molecule has 0 aliphatic carbocycles. The normalized spacial score (nSPS) is 16.3. The van der Waals surface area contributed by atoms with Gasteiger partial charge in [-0.1, -0.05) is 12.8 Å². The summed E-state index contributed by atoms with van der Waals surface area (Å²) in [6.45, 7) is 7.93. The van der Waals surface area contributed by atoms with Gasteiger partial charge in [-0.05, 0) is 57.5 Å². The average Bonchev–Trinajstić information content (AvgIpc) is 2.90. The molecule has 0 aromatic carbocycles. The summed E-state index contributed by atoms with van der Waals surface area (Å²) in [6, 6.07) is 3.95. The maximum absolute atomic E-state index is 5.44. The number of nitrogens with one attached hydrogen (secondary N) is 2. The zero-order chi connectivity index (χ0) is 17.7. The number of likely N-dealkylation sites (tertiary alicyclic amines) is 1. The Morgan fingerprint density at radius 3 is 2.76 bits per heavy atom. The predicted octanol–water partition coefficient (Wildman–Crippen LogP) is 2.41. The SMILES string of the molecule is CCOc1cc(CNC(=NC)NCCCN2CCCCCC2)ccn1. The van der Waals surface area contributed by atoms with Gasteiger partial charge < -0.3 is 20.3 Å². The summed E-state index contributed by atoms with van der Waals surface area (Å²) in [4.78, 5) is 11.1. The van der Waals surface area contributed by atoms with Gasteiger partial charge in [-0.3, -0.25) is 4.99 Å². The summed E-state index contributed by atoms with van der Waals surface area (Å²) in [6.07, 6.45) is 8.42. The van der Waals surface area contributed by atoms with Crippen LogP contribution in [0.1, 0.15) is 44.6 Å². The van der Waals surface area contributed by atoms with Crippen LogP contribution in [0.15, 0.2) is 23.3 Å². The molecule has 1 aliphatic rings. The third-order valence-corrected chi connectivity index (χ3v) is 4.42. The smallest absolute Gasteiger partial charge is 0.213 e. The average molecular weight is 348 g/mol. The van der Waals surface area contributed by atoms with Crippen molar-refractivity contribution >= 4 is 5.96 Å². The number of hydrogen-bond acceptors (Lipinski definition) is 4. The van der Waals surface area contributed by atoms with Crippen molar-refractivity contribution in [1.29, 1.82) is 0 Å². The van der Waals surface area contributed by atoms with Gasteiger partial charge in [0.2, 0.25) is 5.88 Å². The van der Waals surface area contributed by atoms with Gasteiger partial charge >= 0.3 is 0 Å². The Labute approximate surface area is 152 Å². The number of aliphatic imine (C=N–C) groups is 1. The van der Waals surface area contributed by atoms with Crippen molar-refractivity contribution in [3.8, 4) is 5.88 Å². The predicted molar refractivity (Wildman–Crippen MR) is 103 cm³/mol. The number of guanidine groups is 1. The molecule has 2 heterocycles. The van der Waals surface area contributed by atoms with Gasteiger partial charge in [0.1, 0.15) is 0 Å². The Kier molecular flexibility index (Phi) is 9.12. The molecule has 0 unspecified atom stereocenters. The van der Waals surface area contributed by atoms with E-state index in [1.54, 1.807) is 6.20 Å². The third kappa shape index (κ3) is 7.73. The maximum Gasteiger partial charge on any atom is 0.213 e. The van der Waals surface area contributed by atoms with Gasteiger partial charge in [0.05, 0.1) is 6.61 Å². The van der Waals surface area contributed by atoms with E-state index >= 15 is 0 Å². The summed E-state index contributed by atoms with van der Waals surface area (Å²) in [5.74, 6) is 1.51. The second-order valence-corrected chi connectivity index (χ2v) is 6.40. The molecule has 0 atom stereocenters. The van der Waals surface area contributed by atoms with Crippen LogP contribution >= 0.6 is 0 Å². The van der Waals surface area contributed by atoms with E-state index in [0.29, 0.717) is 19.0 Å². The van der Waals surface area contributed by atoms with E-state index in [-0.39, 0.29) is 0 Å². The van der Waals surface area contributed by atoms with E-state index in [4.69, 9.17) is 4.74 Å². The first-order valence-electron chi connectivity index (χ1n) is 9.56. The Bertz CT molecular complexity index is 512. The third-order valence-electron chi connectivity index (χ3n) is 4.42. The molecule has 1 aromatic heterocycles. The van der Waals surface area contributed by atoms with Crippen molar-refractivity contribution in [2.75, 3.05) is 39.8 Å². The summed E-state index contributed by atoms with van der Waals surface area (Å²) in [7, 11) is 1.81. The maximum atomic E-state index is 5.44. The lowest BCUT2D eigenvalue weighted by atomic mass is 10.2. The van der Waals surface area contributed by atoms with Crippen LogP contribution in [0.2, 0.25) is 0 Å². The van der Waals surface area contributed by atoms with Gasteiger partial charge in [0.25, 0.3) is 0 Å². The van der Waals surface area contributed by atoms with Gasteiger partial charge in [-0.2, -0.15) is 0 Å². The number of rotatable bonds is 8. The topological polar surface area (TPSA) is 61.8 Å². The van der Waals surface area contributed by atoms with E-state index in [2.05, 4.69) is 25.5 Å².